The third-order valence-electron chi connectivity index (χ3n) is 4.45. The molecule has 0 spiro atoms. The van der Waals surface area contributed by atoms with E-state index < -0.39 is 0 Å². The first kappa shape index (κ1) is 17.5. The van der Waals surface area contributed by atoms with Gasteiger partial charge < -0.3 is 9.88 Å². The molecule has 3 rings (SSSR count). The average Bonchev–Trinajstić information content (AvgIpc) is 2.99. The average molecular weight is 402 g/mol. The maximum absolute atomic E-state index is 12.3. The van der Waals surface area contributed by atoms with E-state index in [-0.39, 0.29) is 11.9 Å². The topological polar surface area (TPSA) is 54.3 Å². The highest BCUT2D eigenvalue weighted by molar-refractivity contribution is 9.10. The van der Waals surface area contributed by atoms with Crippen LogP contribution in [0.25, 0.3) is 11.8 Å². The summed E-state index contributed by atoms with van der Waals surface area (Å²) in [4.78, 5) is 25.3. The van der Waals surface area contributed by atoms with E-state index in [2.05, 4.69) is 44.9 Å². The number of urea groups is 1. The highest BCUT2D eigenvalue weighted by Crippen LogP contribution is 2.26. The number of amides is 3. The minimum Gasteiger partial charge on any atom is -0.318 e. The highest BCUT2D eigenvalue weighted by atomic mass is 79.9. The minimum atomic E-state index is -0.365. The van der Waals surface area contributed by atoms with Gasteiger partial charge in [-0.3, -0.25) is 9.69 Å². The Morgan fingerprint density at radius 2 is 1.88 bits per heavy atom. The summed E-state index contributed by atoms with van der Waals surface area (Å²) in [5.74, 6) is -0.281. The fourth-order valence-electron chi connectivity index (χ4n) is 3.11. The first-order chi connectivity index (χ1) is 11.8. The Balaban J connectivity index is 2.03. The Kier molecular flexibility index (Phi) is 4.56. The largest absolute Gasteiger partial charge is 0.328 e. The van der Waals surface area contributed by atoms with E-state index in [1.54, 1.807) is 13.0 Å². The van der Waals surface area contributed by atoms with Crippen molar-refractivity contribution in [2.24, 2.45) is 0 Å². The Labute approximate surface area is 155 Å². The van der Waals surface area contributed by atoms with E-state index in [9.17, 15) is 9.59 Å². The summed E-state index contributed by atoms with van der Waals surface area (Å²) < 4.78 is 3.21. The molecule has 0 bridgehead atoms. The number of rotatable bonds is 3. The number of nitrogens with zero attached hydrogens (tertiary/aromatic N) is 2. The van der Waals surface area contributed by atoms with Crippen LogP contribution in [0.15, 0.2) is 34.4 Å². The third-order valence-corrected chi connectivity index (χ3v) is 5.34. The number of imide groups is 1. The van der Waals surface area contributed by atoms with Crippen molar-refractivity contribution in [3.8, 4) is 5.69 Å². The van der Waals surface area contributed by atoms with Gasteiger partial charge in [0.2, 0.25) is 0 Å². The van der Waals surface area contributed by atoms with Crippen molar-refractivity contribution in [2.75, 3.05) is 6.54 Å². The van der Waals surface area contributed by atoms with Gasteiger partial charge in [0.25, 0.3) is 5.91 Å². The van der Waals surface area contributed by atoms with E-state index >= 15 is 0 Å². The number of benzene rings is 1. The summed E-state index contributed by atoms with van der Waals surface area (Å²) in [7, 11) is 0. The van der Waals surface area contributed by atoms with E-state index in [1.165, 1.54) is 4.90 Å². The zero-order chi connectivity index (χ0) is 18.3. The molecule has 1 fully saturated rings. The third kappa shape index (κ3) is 3.02. The second-order valence-corrected chi connectivity index (χ2v) is 6.99. The number of likely N-dealkylation sites (N-methyl/N-ethyl adjacent to an activating group) is 1. The van der Waals surface area contributed by atoms with Crippen LogP contribution in [0.4, 0.5) is 4.79 Å². The lowest BCUT2D eigenvalue weighted by molar-refractivity contribution is -0.122. The van der Waals surface area contributed by atoms with Crippen LogP contribution in [0.1, 0.15) is 29.4 Å². The Hall–Kier alpha value is -2.34. The summed E-state index contributed by atoms with van der Waals surface area (Å²) in [6, 6.07) is 7.85. The van der Waals surface area contributed by atoms with Gasteiger partial charge in [0.15, 0.2) is 0 Å². The Morgan fingerprint density at radius 1 is 1.16 bits per heavy atom. The molecule has 1 aliphatic heterocycles. The lowest BCUT2D eigenvalue weighted by Gasteiger charge is -2.11. The molecule has 130 valence electrons. The number of aromatic nitrogens is 1. The quantitative estimate of drug-likeness (QED) is 0.622. The molecule has 1 aromatic carbocycles. The number of nitrogens with one attached hydrogen (secondary N) is 1. The molecule has 6 heteroatoms. The van der Waals surface area contributed by atoms with Crippen molar-refractivity contribution in [1.82, 2.24) is 14.8 Å². The van der Waals surface area contributed by atoms with Crippen LogP contribution in [0.5, 0.6) is 0 Å². The van der Waals surface area contributed by atoms with E-state index in [0.717, 1.165) is 32.7 Å². The van der Waals surface area contributed by atoms with Gasteiger partial charge >= 0.3 is 6.03 Å². The molecular formula is C19H20BrN3O2. The van der Waals surface area contributed by atoms with Gasteiger partial charge in [-0.05, 0) is 69.2 Å². The van der Waals surface area contributed by atoms with E-state index in [1.807, 2.05) is 26.0 Å². The predicted molar refractivity (Wildman–Crippen MR) is 102 cm³/mol. The maximum atomic E-state index is 12.3. The lowest BCUT2D eigenvalue weighted by atomic mass is 10.2. The molecule has 5 nitrogen and oxygen atoms in total. The van der Waals surface area contributed by atoms with Crippen LogP contribution >= 0.6 is 15.9 Å². The normalized spacial score (nSPS) is 16.0. The summed E-state index contributed by atoms with van der Waals surface area (Å²) in [6.45, 7) is 8.23. The molecule has 0 aliphatic carbocycles. The zero-order valence-electron chi connectivity index (χ0n) is 14.7. The van der Waals surface area contributed by atoms with Gasteiger partial charge in [-0.15, -0.1) is 0 Å². The van der Waals surface area contributed by atoms with Crippen molar-refractivity contribution in [1.29, 1.82) is 0 Å². The lowest BCUT2D eigenvalue weighted by Crippen LogP contribution is -2.30. The number of aryl methyl sites for hydroxylation is 2. The van der Waals surface area contributed by atoms with Gasteiger partial charge in [-0.2, -0.15) is 0 Å². The second kappa shape index (κ2) is 6.52. The molecule has 1 aromatic heterocycles. The number of carbonyl (C=O) groups is 2. The van der Waals surface area contributed by atoms with Gasteiger partial charge in [0.05, 0.1) is 0 Å². The first-order valence-corrected chi connectivity index (χ1v) is 8.92. The van der Waals surface area contributed by atoms with Crippen LogP contribution in [-0.2, 0) is 4.79 Å². The Morgan fingerprint density at radius 3 is 2.48 bits per heavy atom. The standard InChI is InChI=1S/C19H20BrN3O2/c1-5-22-18(24)17(21-19(22)25)10-14-9-12(3)23(13(14)4)15-6-7-16(20)11(2)8-15/h6-10H,5H2,1-4H3,(H,21,25)/b17-10+. The summed E-state index contributed by atoms with van der Waals surface area (Å²) >= 11 is 3.53. The summed E-state index contributed by atoms with van der Waals surface area (Å²) in [5.41, 5.74) is 5.54. The number of hydrogen-bond donors (Lipinski definition) is 1. The molecule has 1 N–H and O–H groups in total. The number of carbonyl (C=O) groups excluding carboxylic acids is 2. The SMILES string of the molecule is CCN1C(=O)N/C(=C/c2cc(C)n(-c3ccc(Br)c(C)c3)c2C)C1=O. The van der Waals surface area contributed by atoms with Crippen LogP contribution in [0.2, 0.25) is 0 Å². The van der Waals surface area contributed by atoms with Gasteiger partial charge in [0.1, 0.15) is 5.70 Å². The van der Waals surface area contributed by atoms with Gasteiger partial charge in [0, 0.05) is 28.1 Å². The highest BCUT2D eigenvalue weighted by Gasteiger charge is 2.32. The van der Waals surface area contributed by atoms with Crippen molar-refractivity contribution in [2.45, 2.75) is 27.7 Å². The smallest absolute Gasteiger partial charge is 0.318 e. The van der Waals surface area contributed by atoms with Crippen molar-refractivity contribution in [3.05, 3.63) is 56.9 Å². The fourth-order valence-corrected chi connectivity index (χ4v) is 3.36. The molecule has 3 amide bonds. The minimum absolute atomic E-state index is 0.281. The van der Waals surface area contributed by atoms with Crippen LogP contribution in [0.3, 0.4) is 0 Å². The predicted octanol–water partition coefficient (Wildman–Crippen LogP) is 4.08. The molecule has 0 saturated carbocycles. The maximum Gasteiger partial charge on any atom is 0.328 e. The van der Waals surface area contributed by atoms with Crippen molar-refractivity contribution < 1.29 is 9.59 Å². The van der Waals surface area contributed by atoms with Crippen LogP contribution < -0.4 is 5.32 Å². The Bertz CT molecular complexity index is 912. The second-order valence-electron chi connectivity index (χ2n) is 6.13. The molecule has 1 aliphatic rings. The molecule has 0 unspecified atom stereocenters. The zero-order valence-corrected chi connectivity index (χ0v) is 16.3. The molecule has 0 radical (unpaired) electrons. The van der Waals surface area contributed by atoms with E-state index in [0.29, 0.717) is 12.2 Å². The van der Waals surface area contributed by atoms with Gasteiger partial charge in [-0.25, -0.2) is 4.79 Å². The summed E-state index contributed by atoms with van der Waals surface area (Å²) in [6.07, 6.45) is 1.75. The monoisotopic (exact) mass is 401 g/mol. The van der Waals surface area contributed by atoms with E-state index in [4.69, 9.17) is 0 Å². The van der Waals surface area contributed by atoms with Crippen LogP contribution in [0, 0.1) is 20.8 Å². The molecule has 1 saturated heterocycles. The van der Waals surface area contributed by atoms with Gasteiger partial charge in [-0.1, -0.05) is 15.9 Å². The van der Waals surface area contributed by atoms with Crippen molar-refractivity contribution in [3.63, 3.8) is 0 Å². The molecule has 0 atom stereocenters. The fraction of sp³-hybridized carbons (Fsp3) is 0.263. The molecular weight excluding hydrogens is 382 g/mol. The number of halogens is 1. The van der Waals surface area contributed by atoms with Crippen molar-refractivity contribution >= 4 is 33.9 Å². The summed E-state index contributed by atoms with van der Waals surface area (Å²) in [5, 5.41) is 2.65. The number of hydrogen-bond acceptors (Lipinski definition) is 2. The molecule has 25 heavy (non-hydrogen) atoms. The van der Waals surface area contributed by atoms with Crippen LogP contribution in [-0.4, -0.2) is 28.0 Å². The first-order valence-electron chi connectivity index (χ1n) is 8.13. The molecule has 2 aromatic rings. The molecule has 2 heterocycles.